The number of carbonyl (C=O) groups is 2. The normalized spacial score (nSPS) is 11.1. The van der Waals surface area contributed by atoms with Gasteiger partial charge in [-0.05, 0) is 35.9 Å². The lowest BCUT2D eigenvalue weighted by molar-refractivity contribution is 0.103. The number of hydrogen-bond acceptors (Lipinski definition) is 3. The molecule has 0 spiro atoms. The molecule has 0 saturated carbocycles. The van der Waals surface area contributed by atoms with Crippen molar-refractivity contribution in [2.45, 2.75) is 0 Å². The highest BCUT2D eigenvalue weighted by atomic mass is 79.9. The predicted octanol–water partition coefficient (Wildman–Crippen LogP) is 6.62. The van der Waals surface area contributed by atoms with Gasteiger partial charge in [-0.2, -0.15) is 0 Å². The van der Waals surface area contributed by atoms with Crippen molar-refractivity contribution in [3.05, 3.63) is 111 Å². The average molecular weight is 519 g/mol. The van der Waals surface area contributed by atoms with Gasteiger partial charge in [0.25, 0.3) is 0 Å². The van der Waals surface area contributed by atoms with Gasteiger partial charge in [0.05, 0.1) is 11.3 Å². The van der Waals surface area contributed by atoms with Gasteiger partial charge in [-0.3, -0.25) is 9.59 Å². The minimum Gasteiger partial charge on any atom is -0.385 e. The molecule has 0 atom stereocenters. The van der Waals surface area contributed by atoms with Gasteiger partial charge in [0.15, 0.2) is 5.78 Å². The number of nitrogens with one attached hydrogen (secondary N) is 2. The van der Waals surface area contributed by atoms with E-state index in [-0.39, 0.29) is 28.6 Å². The Morgan fingerprint density at radius 1 is 0.909 bits per heavy atom. The number of aromatic nitrogens is 2. The molecule has 0 bridgehead atoms. The van der Waals surface area contributed by atoms with Gasteiger partial charge in [-0.25, -0.2) is 0 Å². The third kappa shape index (κ3) is 3.77. The zero-order valence-electron chi connectivity index (χ0n) is 17.2. The summed E-state index contributed by atoms with van der Waals surface area (Å²) in [6, 6.07) is 21.5. The van der Waals surface area contributed by atoms with E-state index in [0.29, 0.717) is 27.3 Å². The van der Waals surface area contributed by atoms with Crippen LogP contribution in [0.4, 0.5) is 5.82 Å². The van der Waals surface area contributed by atoms with Crippen molar-refractivity contribution in [1.29, 1.82) is 0 Å². The number of rotatable bonds is 5. The van der Waals surface area contributed by atoms with Gasteiger partial charge in [0.2, 0.25) is 5.78 Å². The standard InChI is InChI=1S/C26H17BrClN3O2/c27-16-8-11-20-18(12-16)19(13-30-20)25(33)22-21(14-6-9-17(28)10-7-14)23(31-26(22)29)24(32)15-4-2-1-3-5-15/h1-13,30-31H,29H2. The first kappa shape index (κ1) is 21.2. The molecule has 0 unspecified atom stereocenters. The van der Waals surface area contributed by atoms with E-state index < -0.39 is 0 Å². The minimum atomic E-state index is -0.287. The predicted molar refractivity (Wildman–Crippen MR) is 135 cm³/mol. The molecule has 5 rings (SSSR count). The molecule has 5 aromatic rings. The van der Waals surface area contributed by atoms with E-state index in [0.717, 1.165) is 15.4 Å². The summed E-state index contributed by atoms with van der Waals surface area (Å²) in [5.74, 6) is -0.410. The van der Waals surface area contributed by atoms with Crippen molar-refractivity contribution in [1.82, 2.24) is 9.97 Å². The second kappa shape index (κ2) is 8.39. The van der Waals surface area contributed by atoms with Gasteiger partial charge >= 0.3 is 0 Å². The fourth-order valence-corrected chi connectivity index (χ4v) is 4.47. The molecule has 0 aliphatic carbocycles. The smallest absolute Gasteiger partial charge is 0.209 e. The lowest BCUT2D eigenvalue weighted by atomic mass is 9.93. The van der Waals surface area contributed by atoms with Crippen molar-refractivity contribution in [3.63, 3.8) is 0 Å². The van der Waals surface area contributed by atoms with E-state index >= 15 is 0 Å². The monoisotopic (exact) mass is 517 g/mol. The van der Waals surface area contributed by atoms with Crippen molar-refractivity contribution in [2.75, 3.05) is 5.73 Å². The van der Waals surface area contributed by atoms with Crippen molar-refractivity contribution < 1.29 is 9.59 Å². The number of fused-ring (bicyclic) bond motifs is 1. The van der Waals surface area contributed by atoms with Crippen LogP contribution in [0.5, 0.6) is 0 Å². The highest BCUT2D eigenvalue weighted by Gasteiger charge is 2.29. The highest BCUT2D eigenvalue weighted by Crippen LogP contribution is 2.37. The molecule has 0 aliphatic rings. The van der Waals surface area contributed by atoms with Crippen LogP contribution in [0.2, 0.25) is 5.02 Å². The summed E-state index contributed by atoms with van der Waals surface area (Å²) in [7, 11) is 0. The summed E-state index contributed by atoms with van der Waals surface area (Å²) < 4.78 is 0.851. The van der Waals surface area contributed by atoms with Gasteiger partial charge < -0.3 is 15.7 Å². The summed E-state index contributed by atoms with van der Waals surface area (Å²) >= 11 is 9.56. The second-order valence-electron chi connectivity index (χ2n) is 7.59. The first-order chi connectivity index (χ1) is 15.9. The first-order valence-corrected chi connectivity index (χ1v) is 11.3. The Bertz CT molecular complexity index is 1520. The van der Waals surface area contributed by atoms with Gasteiger partial charge in [0.1, 0.15) is 5.82 Å². The number of halogens is 2. The molecular formula is C26H17BrClN3O2. The maximum Gasteiger partial charge on any atom is 0.209 e. The quantitative estimate of drug-likeness (QED) is 0.228. The fourth-order valence-electron chi connectivity index (χ4n) is 3.98. The average Bonchev–Trinajstić information content (AvgIpc) is 3.40. The molecule has 7 heteroatoms. The topological polar surface area (TPSA) is 91.7 Å². The summed E-state index contributed by atoms with van der Waals surface area (Å²) in [6.45, 7) is 0. The molecule has 33 heavy (non-hydrogen) atoms. The SMILES string of the molecule is Nc1[nH]c(C(=O)c2ccccc2)c(-c2ccc(Cl)cc2)c1C(=O)c1c[nH]c2ccc(Br)cc12. The molecule has 5 nitrogen and oxygen atoms in total. The molecule has 0 amide bonds. The maximum atomic E-state index is 13.8. The molecule has 162 valence electrons. The third-order valence-electron chi connectivity index (χ3n) is 5.54. The van der Waals surface area contributed by atoms with Crippen LogP contribution in [0.3, 0.4) is 0 Å². The van der Waals surface area contributed by atoms with Gasteiger partial charge in [0, 0.05) is 43.3 Å². The first-order valence-electron chi connectivity index (χ1n) is 10.1. The lowest BCUT2D eigenvalue weighted by Gasteiger charge is -2.08. The third-order valence-corrected chi connectivity index (χ3v) is 6.29. The van der Waals surface area contributed by atoms with Gasteiger partial charge in [-0.15, -0.1) is 0 Å². The summed E-state index contributed by atoms with van der Waals surface area (Å²) in [5, 5.41) is 1.31. The largest absolute Gasteiger partial charge is 0.385 e. The molecule has 3 aromatic carbocycles. The van der Waals surface area contributed by atoms with E-state index in [1.54, 1.807) is 54.7 Å². The number of ketones is 2. The fraction of sp³-hybridized carbons (Fsp3) is 0. The Hall–Kier alpha value is -3.61. The molecule has 0 radical (unpaired) electrons. The Morgan fingerprint density at radius 2 is 1.64 bits per heavy atom. The zero-order chi connectivity index (χ0) is 23.1. The number of nitrogen functional groups attached to an aromatic ring is 1. The summed E-state index contributed by atoms with van der Waals surface area (Å²) in [6.07, 6.45) is 1.66. The molecule has 4 N–H and O–H groups in total. The van der Waals surface area contributed by atoms with Crippen LogP contribution >= 0.6 is 27.5 Å². The van der Waals surface area contributed by atoms with Crippen LogP contribution in [0.15, 0.2) is 83.5 Å². The lowest BCUT2D eigenvalue weighted by Crippen LogP contribution is -2.06. The van der Waals surface area contributed by atoms with Crippen molar-refractivity contribution in [2.24, 2.45) is 0 Å². The molecule has 2 aromatic heterocycles. The van der Waals surface area contributed by atoms with Gasteiger partial charge in [-0.1, -0.05) is 70.0 Å². The second-order valence-corrected chi connectivity index (χ2v) is 8.94. The van der Waals surface area contributed by atoms with Crippen LogP contribution < -0.4 is 5.73 Å². The van der Waals surface area contributed by atoms with Crippen molar-refractivity contribution in [3.8, 4) is 11.1 Å². The van der Waals surface area contributed by atoms with Crippen molar-refractivity contribution >= 4 is 55.8 Å². The molecule has 2 heterocycles. The number of aromatic amines is 2. The molecule has 0 fully saturated rings. The van der Waals surface area contributed by atoms with Crippen LogP contribution in [-0.2, 0) is 0 Å². The minimum absolute atomic E-state index is 0.133. The highest BCUT2D eigenvalue weighted by molar-refractivity contribution is 9.10. The number of H-pyrrole nitrogens is 2. The van der Waals surface area contributed by atoms with Crippen LogP contribution in [0.25, 0.3) is 22.0 Å². The Morgan fingerprint density at radius 3 is 2.36 bits per heavy atom. The summed E-state index contributed by atoms with van der Waals surface area (Å²) in [5.41, 5.74) is 9.73. The maximum absolute atomic E-state index is 13.8. The number of nitrogens with two attached hydrogens (primary N) is 1. The molecular weight excluding hydrogens is 502 g/mol. The number of anilines is 1. The summed E-state index contributed by atoms with van der Waals surface area (Å²) in [4.78, 5) is 33.3. The Labute approximate surface area is 202 Å². The van der Waals surface area contributed by atoms with Crippen LogP contribution in [0, 0.1) is 0 Å². The van der Waals surface area contributed by atoms with E-state index in [1.807, 2.05) is 24.3 Å². The van der Waals surface area contributed by atoms with E-state index in [4.69, 9.17) is 17.3 Å². The van der Waals surface area contributed by atoms with Crippen LogP contribution in [-0.4, -0.2) is 21.5 Å². The van der Waals surface area contributed by atoms with Crippen LogP contribution in [0.1, 0.15) is 32.0 Å². The number of carbonyl (C=O) groups excluding carboxylic acids is 2. The van der Waals surface area contributed by atoms with E-state index in [2.05, 4.69) is 25.9 Å². The molecule has 0 saturated heterocycles. The number of benzene rings is 3. The Balaban J connectivity index is 1.74. The Kier molecular flexibility index (Phi) is 5.40. The number of hydrogen-bond donors (Lipinski definition) is 3. The molecule has 0 aliphatic heterocycles. The van der Waals surface area contributed by atoms with E-state index in [9.17, 15) is 9.59 Å². The zero-order valence-corrected chi connectivity index (χ0v) is 19.5. The van der Waals surface area contributed by atoms with E-state index in [1.165, 1.54) is 0 Å².